The van der Waals surface area contributed by atoms with E-state index in [1.807, 2.05) is 37.8 Å². The van der Waals surface area contributed by atoms with Gasteiger partial charge in [-0.3, -0.25) is 0 Å². The van der Waals surface area contributed by atoms with Gasteiger partial charge in [0.05, 0.1) is 5.69 Å². The van der Waals surface area contributed by atoms with Crippen molar-refractivity contribution in [1.29, 1.82) is 0 Å². The first-order valence-electron chi connectivity index (χ1n) is 5.95. The quantitative estimate of drug-likeness (QED) is 0.837. The molecule has 1 aliphatic carbocycles. The minimum atomic E-state index is 0.182. The van der Waals surface area contributed by atoms with Gasteiger partial charge in [0.2, 0.25) is 0 Å². The molecule has 3 rings (SSSR count). The monoisotopic (exact) mass is 228 g/mol. The molecule has 0 atom stereocenters. The summed E-state index contributed by atoms with van der Waals surface area (Å²) in [5.74, 6) is 0.977. The number of aromatic amines is 1. The molecule has 17 heavy (non-hydrogen) atoms. The zero-order valence-electron chi connectivity index (χ0n) is 9.90. The fourth-order valence-electron chi connectivity index (χ4n) is 2.23. The summed E-state index contributed by atoms with van der Waals surface area (Å²) in [6.07, 6.45) is 8.11. The lowest BCUT2D eigenvalue weighted by Crippen LogP contribution is -2.25. The molecule has 2 aromatic heterocycles. The van der Waals surface area contributed by atoms with E-state index >= 15 is 0 Å². The van der Waals surface area contributed by atoms with Crippen molar-refractivity contribution in [2.75, 3.05) is 13.6 Å². The van der Waals surface area contributed by atoms with Crippen LogP contribution in [0.4, 0.5) is 0 Å². The van der Waals surface area contributed by atoms with Gasteiger partial charge in [0.25, 0.3) is 0 Å². The second-order valence-corrected chi connectivity index (χ2v) is 4.68. The Labute approximate surface area is 101 Å². The van der Waals surface area contributed by atoms with Crippen LogP contribution in [0.3, 0.4) is 0 Å². The maximum atomic E-state index is 4.70. The van der Waals surface area contributed by atoms with E-state index in [-0.39, 0.29) is 5.41 Å². The van der Waals surface area contributed by atoms with Crippen molar-refractivity contribution in [1.82, 2.24) is 20.3 Å². The molecular weight excluding hydrogens is 212 g/mol. The molecule has 2 N–H and O–H groups in total. The normalized spacial score (nSPS) is 17.0. The van der Waals surface area contributed by atoms with Crippen LogP contribution in [0, 0.1) is 0 Å². The van der Waals surface area contributed by atoms with Crippen molar-refractivity contribution >= 4 is 0 Å². The fourth-order valence-corrected chi connectivity index (χ4v) is 2.23. The van der Waals surface area contributed by atoms with Gasteiger partial charge in [-0.2, -0.15) is 0 Å². The van der Waals surface area contributed by atoms with Gasteiger partial charge in [0.1, 0.15) is 5.82 Å². The molecule has 88 valence electrons. The third kappa shape index (κ3) is 1.85. The minimum Gasteiger partial charge on any atom is -0.367 e. The SMILES string of the molecule is CNCC1(c2nccc(-c3cc[nH]c3)n2)CC1. The summed E-state index contributed by atoms with van der Waals surface area (Å²) in [4.78, 5) is 12.2. The number of hydrogen-bond acceptors (Lipinski definition) is 3. The molecule has 0 saturated heterocycles. The van der Waals surface area contributed by atoms with Crippen molar-refractivity contribution in [2.45, 2.75) is 18.3 Å². The molecule has 0 bridgehead atoms. The average molecular weight is 228 g/mol. The van der Waals surface area contributed by atoms with Crippen LogP contribution in [0.5, 0.6) is 0 Å². The summed E-state index contributed by atoms with van der Waals surface area (Å²) in [5, 5.41) is 3.24. The van der Waals surface area contributed by atoms with Crippen LogP contribution < -0.4 is 5.32 Å². The van der Waals surface area contributed by atoms with Gasteiger partial charge in [-0.25, -0.2) is 9.97 Å². The van der Waals surface area contributed by atoms with Gasteiger partial charge < -0.3 is 10.3 Å². The van der Waals surface area contributed by atoms with E-state index in [9.17, 15) is 0 Å². The number of rotatable bonds is 4. The zero-order chi connectivity index (χ0) is 11.7. The number of hydrogen-bond donors (Lipinski definition) is 2. The average Bonchev–Trinajstić information content (AvgIpc) is 2.94. The van der Waals surface area contributed by atoms with Crippen LogP contribution in [0.1, 0.15) is 18.7 Å². The van der Waals surface area contributed by atoms with Crippen LogP contribution in [0.15, 0.2) is 30.7 Å². The molecule has 0 aromatic carbocycles. The molecule has 2 aromatic rings. The predicted octanol–water partition coefficient (Wildman–Crippen LogP) is 1.72. The number of nitrogens with zero attached hydrogens (tertiary/aromatic N) is 2. The van der Waals surface area contributed by atoms with Crippen LogP contribution >= 0.6 is 0 Å². The Morgan fingerprint density at radius 1 is 1.41 bits per heavy atom. The van der Waals surface area contributed by atoms with Crippen molar-refractivity contribution < 1.29 is 0 Å². The van der Waals surface area contributed by atoms with E-state index < -0.39 is 0 Å². The van der Waals surface area contributed by atoms with Crippen LogP contribution in [0.2, 0.25) is 0 Å². The van der Waals surface area contributed by atoms with Crippen molar-refractivity contribution in [2.24, 2.45) is 0 Å². The minimum absolute atomic E-state index is 0.182. The van der Waals surface area contributed by atoms with Gasteiger partial charge in [-0.1, -0.05) is 0 Å². The van der Waals surface area contributed by atoms with Gasteiger partial charge >= 0.3 is 0 Å². The topological polar surface area (TPSA) is 53.6 Å². The Hall–Kier alpha value is -1.68. The van der Waals surface area contributed by atoms with E-state index in [1.54, 1.807) is 0 Å². The first-order chi connectivity index (χ1) is 8.34. The largest absolute Gasteiger partial charge is 0.367 e. The van der Waals surface area contributed by atoms with Gasteiger partial charge in [-0.15, -0.1) is 0 Å². The van der Waals surface area contributed by atoms with Gasteiger partial charge in [0.15, 0.2) is 0 Å². The van der Waals surface area contributed by atoms with E-state index in [0.29, 0.717) is 0 Å². The highest BCUT2D eigenvalue weighted by atomic mass is 15.0. The molecule has 0 unspecified atom stereocenters. The Balaban J connectivity index is 1.95. The Morgan fingerprint density at radius 2 is 2.29 bits per heavy atom. The molecule has 0 spiro atoms. The second-order valence-electron chi connectivity index (χ2n) is 4.68. The highest BCUT2D eigenvalue weighted by molar-refractivity contribution is 5.57. The van der Waals surface area contributed by atoms with Crippen LogP contribution in [-0.4, -0.2) is 28.5 Å². The van der Waals surface area contributed by atoms with Crippen molar-refractivity contribution in [3.63, 3.8) is 0 Å². The number of H-pyrrole nitrogens is 1. The third-order valence-corrected chi connectivity index (χ3v) is 3.39. The molecule has 1 fully saturated rings. The lowest BCUT2D eigenvalue weighted by atomic mass is 10.1. The lowest BCUT2D eigenvalue weighted by molar-refractivity contribution is 0.588. The predicted molar refractivity (Wildman–Crippen MR) is 66.7 cm³/mol. The molecule has 0 radical (unpaired) electrons. The highest BCUT2D eigenvalue weighted by Crippen LogP contribution is 2.46. The fraction of sp³-hybridized carbons (Fsp3) is 0.385. The first-order valence-corrected chi connectivity index (χ1v) is 5.95. The molecule has 4 heteroatoms. The summed E-state index contributed by atoms with van der Waals surface area (Å²) in [5.41, 5.74) is 2.30. The van der Waals surface area contributed by atoms with E-state index in [0.717, 1.165) is 23.6 Å². The zero-order valence-corrected chi connectivity index (χ0v) is 9.90. The highest BCUT2D eigenvalue weighted by Gasteiger charge is 2.46. The summed E-state index contributed by atoms with van der Waals surface area (Å²) < 4.78 is 0. The van der Waals surface area contributed by atoms with E-state index in [1.165, 1.54) is 12.8 Å². The molecule has 4 nitrogen and oxygen atoms in total. The summed E-state index contributed by atoms with van der Waals surface area (Å²) in [6.45, 7) is 0.962. The third-order valence-electron chi connectivity index (χ3n) is 3.39. The van der Waals surface area contributed by atoms with Gasteiger partial charge in [-0.05, 0) is 32.0 Å². The molecular formula is C13H16N4. The van der Waals surface area contributed by atoms with Crippen LogP contribution in [0.25, 0.3) is 11.3 Å². The van der Waals surface area contributed by atoms with Crippen LogP contribution in [-0.2, 0) is 5.41 Å². The lowest BCUT2D eigenvalue weighted by Gasteiger charge is -2.13. The van der Waals surface area contributed by atoms with E-state index in [4.69, 9.17) is 4.98 Å². The Bertz CT molecular complexity index is 500. The molecule has 0 aliphatic heterocycles. The van der Waals surface area contributed by atoms with Gasteiger partial charge in [0, 0.05) is 36.1 Å². The number of aromatic nitrogens is 3. The number of nitrogens with one attached hydrogen (secondary N) is 2. The maximum absolute atomic E-state index is 4.70. The molecule has 2 heterocycles. The summed E-state index contributed by atoms with van der Waals surface area (Å²) >= 11 is 0. The summed E-state index contributed by atoms with van der Waals surface area (Å²) in [6, 6.07) is 3.99. The van der Waals surface area contributed by atoms with Crippen molar-refractivity contribution in [3.05, 3.63) is 36.5 Å². The number of likely N-dealkylation sites (N-methyl/N-ethyl adjacent to an activating group) is 1. The smallest absolute Gasteiger partial charge is 0.136 e. The molecule has 1 saturated carbocycles. The summed E-state index contributed by atoms with van der Waals surface area (Å²) in [7, 11) is 1.98. The molecule has 1 aliphatic rings. The first kappa shape index (κ1) is 10.5. The maximum Gasteiger partial charge on any atom is 0.136 e. The Morgan fingerprint density at radius 3 is 2.94 bits per heavy atom. The second kappa shape index (κ2) is 3.96. The Kier molecular flexibility index (Phi) is 2.44. The van der Waals surface area contributed by atoms with Crippen molar-refractivity contribution in [3.8, 4) is 11.3 Å². The molecule has 0 amide bonds. The van der Waals surface area contributed by atoms with E-state index in [2.05, 4.69) is 15.3 Å². The standard InChI is InChI=1S/C13H16N4/c1-14-9-13(4-5-13)12-16-7-3-11(17-12)10-2-6-15-8-10/h2-3,6-8,14-15H,4-5,9H2,1H3.